The largest absolute Gasteiger partial charge is 0.360 e. The molecule has 0 saturated carbocycles. The number of benzene rings is 1. The Labute approximate surface area is 135 Å². The van der Waals surface area contributed by atoms with Gasteiger partial charge in [-0.15, -0.1) is 0 Å². The molecule has 122 valence electrons. The molecule has 2 aromatic rings. The number of hydrogen-bond acceptors (Lipinski definition) is 6. The van der Waals surface area contributed by atoms with Crippen molar-refractivity contribution in [3.8, 4) is 0 Å². The first-order valence-corrected chi connectivity index (χ1v) is 7.33. The van der Waals surface area contributed by atoms with Crippen molar-refractivity contribution in [3.63, 3.8) is 0 Å². The number of anilines is 2. The maximum absolute atomic E-state index is 11.4. The van der Waals surface area contributed by atoms with Crippen LogP contribution in [-0.2, 0) is 6.54 Å². The van der Waals surface area contributed by atoms with E-state index in [1.807, 2.05) is 52.0 Å². The van der Waals surface area contributed by atoms with Gasteiger partial charge in [0.05, 0.1) is 4.92 Å². The highest BCUT2D eigenvalue weighted by Gasteiger charge is 2.25. The van der Waals surface area contributed by atoms with E-state index >= 15 is 0 Å². The smallest absolute Gasteiger partial charge is 0.353 e. The summed E-state index contributed by atoms with van der Waals surface area (Å²) in [6.07, 6.45) is 1.32. The fourth-order valence-corrected chi connectivity index (χ4v) is 2.02. The van der Waals surface area contributed by atoms with Gasteiger partial charge in [-0.05, 0) is 33.3 Å². The van der Waals surface area contributed by atoms with Gasteiger partial charge in [-0.2, -0.15) is 0 Å². The van der Waals surface area contributed by atoms with E-state index in [4.69, 9.17) is 0 Å². The monoisotopic (exact) mass is 315 g/mol. The van der Waals surface area contributed by atoms with Gasteiger partial charge in [-0.25, -0.2) is 9.97 Å². The fraction of sp³-hybridized carbons (Fsp3) is 0.375. The van der Waals surface area contributed by atoms with Crippen LogP contribution in [-0.4, -0.2) is 20.4 Å². The van der Waals surface area contributed by atoms with E-state index in [0.29, 0.717) is 6.54 Å². The van der Waals surface area contributed by atoms with E-state index in [2.05, 4.69) is 20.6 Å². The number of rotatable bonds is 5. The Morgan fingerprint density at radius 3 is 2.30 bits per heavy atom. The minimum absolute atomic E-state index is 0.144. The minimum Gasteiger partial charge on any atom is -0.360 e. The van der Waals surface area contributed by atoms with Crippen LogP contribution < -0.4 is 10.6 Å². The highest BCUT2D eigenvalue weighted by Crippen LogP contribution is 2.30. The molecule has 1 aromatic heterocycles. The SMILES string of the molecule is Cc1ccc(CNc2ncnc(NC(C)(C)C)c2[N+](=O)[O-])cc1. The summed E-state index contributed by atoms with van der Waals surface area (Å²) in [6, 6.07) is 7.95. The van der Waals surface area contributed by atoms with Gasteiger partial charge >= 0.3 is 5.69 Å². The van der Waals surface area contributed by atoms with Crippen molar-refractivity contribution in [3.05, 3.63) is 51.8 Å². The zero-order chi connectivity index (χ0) is 17.0. The van der Waals surface area contributed by atoms with E-state index in [0.717, 1.165) is 5.56 Å². The van der Waals surface area contributed by atoms with Gasteiger partial charge in [0.15, 0.2) is 0 Å². The average molecular weight is 315 g/mol. The second kappa shape index (κ2) is 6.60. The molecule has 0 aliphatic carbocycles. The zero-order valence-corrected chi connectivity index (χ0v) is 13.8. The maximum Gasteiger partial charge on any atom is 0.353 e. The first-order chi connectivity index (χ1) is 10.8. The van der Waals surface area contributed by atoms with E-state index in [1.54, 1.807) is 0 Å². The number of nitro groups is 1. The van der Waals surface area contributed by atoms with Gasteiger partial charge in [0.25, 0.3) is 0 Å². The standard InChI is InChI=1S/C16H21N5O2/c1-11-5-7-12(8-6-11)9-17-14-13(21(22)23)15(19-10-18-14)20-16(2,3)4/h5-8,10H,9H2,1-4H3,(H2,17,18,19,20). The third-order valence-corrected chi connectivity index (χ3v) is 3.08. The van der Waals surface area contributed by atoms with Crippen LogP contribution in [0.5, 0.6) is 0 Å². The Balaban J connectivity index is 2.25. The molecule has 7 heteroatoms. The summed E-state index contributed by atoms with van der Waals surface area (Å²) in [7, 11) is 0. The summed E-state index contributed by atoms with van der Waals surface area (Å²) in [4.78, 5) is 19.0. The third kappa shape index (κ3) is 4.64. The molecule has 0 saturated heterocycles. The van der Waals surface area contributed by atoms with E-state index < -0.39 is 4.92 Å². The summed E-state index contributed by atoms with van der Waals surface area (Å²) in [5.74, 6) is 0.418. The molecule has 0 atom stereocenters. The predicted molar refractivity (Wildman–Crippen MR) is 90.6 cm³/mol. The Morgan fingerprint density at radius 1 is 1.13 bits per heavy atom. The molecule has 0 radical (unpaired) electrons. The van der Waals surface area contributed by atoms with Crippen molar-refractivity contribution in [2.45, 2.75) is 39.8 Å². The topological polar surface area (TPSA) is 93.0 Å². The van der Waals surface area contributed by atoms with Crippen LogP contribution in [0.3, 0.4) is 0 Å². The molecule has 0 spiro atoms. The quantitative estimate of drug-likeness (QED) is 0.648. The summed E-state index contributed by atoms with van der Waals surface area (Å²) < 4.78 is 0. The molecular formula is C16H21N5O2. The van der Waals surface area contributed by atoms with Crippen LogP contribution >= 0.6 is 0 Å². The van der Waals surface area contributed by atoms with Crippen molar-refractivity contribution < 1.29 is 4.92 Å². The first-order valence-electron chi connectivity index (χ1n) is 7.33. The van der Waals surface area contributed by atoms with Crippen LogP contribution in [0, 0.1) is 17.0 Å². The molecule has 0 fully saturated rings. The average Bonchev–Trinajstić information content (AvgIpc) is 2.44. The highest BCUT2D eigenvalue weighted by atomic mass is 16.6. The molecule has 0 unspecified atom stereocenters. The Bertz CT molecular complexity index is 693. The normalized spacial score (nSPS) is 11.1. The Kier molecular flexibility index (Phi) is 4.78. The third-order valence-electron chi connectivity index (χ3n) is 3.08. The molecule has 1 aromatic carbocycles. The van der Waals surface area contributed by atoms with Gasteiger partial charge in [0, 0.05) is 12.1 Å². The van der Waals surface area contributed by atoms with Crippen molar-refractivity contribution in [2.24, 2.45) is 0 Å². The van der Waals surface area contributed by atoms with E-state index in [9.17, 15) is 10.1 Å². The molecule has 2 N–H and O–H groups in total. The van der Waals surface area contributed by atoms with E-state index in [1.165, 1.54) is 11.9 Å². The molecule has 2 rings (SSSR count). The molecular weight excluding hydrogens is 294 g/mol. The molecule has 1 heterocycles. The summed E-state index contributed by atoms with van der Waals surface area (Å²) >= 11 is 0. The molecule has 23 heavy (non-hydrogen) atoms. The lowest BCUT2D eigenvalue weighted by Crippen LogP contribution is -2.27. The van der Waals surface area contributed by atoms with Crippen molar-refractivity contribution in [1.82, 2.24) is 9.97 Å². The number of nitrogens with one attached hydrogen (secondary N) is 2. The van der Waals surface area contributed by atoms with E-state index in [-0.39, 0.29) is 22.9 Å². The van der Waals surface area contributed by atoms with Crippen LogP contribution in [0.1, 0.15) is 31.9 Å². The number of aryl methyl sites for hydroxylation is 1. The lowest BCUT2D eigenvalue weighted by Gasteiger charge is -2.21. The first kappa shape index (κ1) is 16.7. The number of nitrogens with zero attached hydrogens (tertiary/aromatic N) is 3. The lowest BCUT2D eigenvalue weighted by atomic mass is 10.1. The number of aromatic nitrogens is 2. The van der Waals surface area contributed by atoms with Crippen LogP contribution in [0.2, 0.25) is 0 Å². The zero-order valence-electron chi connectivity index (χ0n) is 13.8. The Hall–Kier alpha value is -2.70. The summed E-state index contributed by atoms with van der Waals surface area (Å²) in [5.41, 5.74) is 1.70. The van der Waals surface area contributed by atoms with Gasteiger partial charge in [0.2, 0.25) is 11.6 Å². The van der Waals surface area contributed by atoms with Crippen molar-refractivity contribution in [1.29, 1.82) is 0 Å². The second-order valence-electron chi connectivity index (χ2n) is 6.39. The number of hydrogen-bond donors (Lipinski definition) is 2. The van der Waals surface area contributed by atoms with Crippen LogP contribution in [0.15, 0.2) is 30.6 Å². The van der Waals surface area contributed by atoms with Gasteiger partial charge < -0.3 is 10.6 Å². The fourth-order valence-electron chi connectivity index (χ4n) is 2.02. The lowest BCUT2D eigenvalue weighted by molar-refractivity contribution is -0.383. The molecule has 0 aliphatic heterocycles. The Morgan fingerprint density at radius 2 is 1.74 bits per heavy atom. The predicted octanol–water partition coefficient (Wildman–Crippen LogP) is 3.52. The van der Waals surface area contributed by atoms with Crippen molar-refractivity contribution >= 4 is 17.3 Å². The van der Waals surface area contributed by atoms with Crippen LogP contribution in [0.4, 0.5) is 17.3 Å². The van der Waals surface area contributed by atoms with Crippen molar-refractivity contribution in [2.75, 3.05) is 10.6 Å². The van der Waals surface area contributed by atoms with Gasteiger partial charge in [0.1, 0.15) is 6.33 Å². The summed E-state index contributed by atoms with van der Waals surface area (Å²) in [5, 5.41) is 17.5. The molecule has 0 aliphatic rings. The highest BCUT2D eigenvalue weighted by molar-refractivity contribution is 5.69. The summed E-state index contributed by atoms with van der Waals surface area (Å²) in [6.45, 7) is 8.21. The maximum atomic E-state index is 11.4. The van der Waals surface area contributed by atoms with Gasteiger partial charge in [-0.3, -0.25) is 10.1 Å². The second-order valence-corrected chi connectivity index (χ2v) is 6.39. The van der Waals surface area contributed by atoms with Crippen LogP contribution in [0.25, 0.3) is 0 Å². The molecule has 0 amide bonds. The molecule has 0 bridgehead atoms. The molecule has 7 nitrogen and oxygen atoms in total. The minimum atomic E-state index is -0.467. The van der Waals surface area contributed by atoms with Gasteiger partial charge in [-0.1, -0.05) is 29.8 Å².